The maximum atomic E-state index is 2.55. The van der Waals surface area contributed by atoms with Crippen molar-refractivity contribution in [2.24, 2.45) is 0 Å². The highest BCUT2D eigenvalue weighted by atomic mass is 29.2. The van der Waals surface area contributed by atoms with Crippen LogP contribution in [-0.2, 0) is 0 Å². The molecule has 0 bridgehead atoms. The standard InChI is InChI=1S/C12H21Si2/c1-5-13(6-2)14(3,4)12-10-8-7-9-11-12/h7-11H,5-6H2,1-4H3. The Morgan fingerprint density at radius 3 is 1.93 bits per heavy atom. The summed E-state index contributed by atoms with van der Waals surface area (Å²) in [5.41, 5.74) is 0. The first-order valence-electron chi connectivity index (χ1n) is 5.53. The third-order valence-electron chi connectivity index (χ3n) is 3.23. The molecule has 0 N–H and O–H groups in total. The molecule has 0 aliphatic carbocycles. The van der Waals surface area contributed by atoms with E-state index in [0.717, 1.165) is 0 Å². The Bertz CT molecular complexity index is 263. The molecule has 0 fully saturated rings. The minimum absolute atomic E-state index is 0.113. The van der Waals surface area contributed by atoms with Gasteiger partial charge in [0, 0.05) is 8.31 Å². The molecule has 0 atom stereocenters. The molecule has 1 radical (unpaired) electrons. The number of hydrogen-bond acceptors (Lipinski definition) is 0. The highest BCUT2D eigenvalue weighted by Gasteiger charge is 2.31. The first kappa shape index (κ1) is 11.7. The van der Waals surface area contributed by atoms with Crippen molar-refractivity contribution in [3.63, 3.8) is 0 Å². The lowest BCUT2D eigenvalue weighted by Gasteiger charge is -2.30. The van der Waals surface area contributed by atoms with Crippen LogP contribution in [0.15, 0.2) is 30.3 Å². The molecule has 1 rings (SSSR count). The fraction of sp³-hybridized carbons (Fsp3) is 0.500. The molecule has 0 aliphatic heterocycles. The Balaban J connectivity index is 2.94. The minimum atomic E-state index is -1.11. The van der Waals surface area contributed by atoms with Crippen LogP contribution in [0.5, 0.6) is 0 Å². The second-order valence-electron chi connectivity index (χ2n) is 4.30. The zero-order valence-corrected chi connectivity index (χ0v) is 11.8. The van der Waals surface area contributed by atoms with Crippen molar-refractivity contribution in [3.05, 3.63) is 30.3 Å². The van der Waals surface area contributed by atoms with Gasteiger partial charge in [0.1, 0.15) is 0 Å². The molecule has 0 unspecified atom stereocenters. The molecule has 0 aliphatic rings. The molecule has 2 heteroatoms. The monoisotopic (exact) mass is 221 g/mol. The molecule has 0 spiro atoms. The van der Waals surface area contributed by atoms with E-state index in [1.165, 1.54) is 12.1 Å². The summed E-state index contributed by atoms with van der Waals surface area (Å²) in [6.45, 7) is 9.83. The molecule has 77 valence electrons. The normalized spacial score (nSPS) is 12.1. The molecular weight excluding hydrogens is 200 g/mol. The Morgan fingerprint density at radius 1 is 1.00 bits per heavy atom. The Kier molecular flexibility index (Phi) is 4.14. The topological polar surface area (TPSA) is 0 Å². The summed E-state index contributed by atoms with van der Waals surface area (Å²) in [6, 6.07) is 14.0. The summed E-state index contributed by atoms with van der Waals surface area (Å²) < 4.78 is 0. The predicted molar refractivity (Wildman–Crippen MR) is 70.3 cm³/mol. The molecule has 1 aromatic carbocycles. The van der Waals surface area contributed by atoms with Gasteiger partial charge in [0.2, 0.25) is 0 Å². The van der Waals surface area contributed by atoms with E-state index < -0.39 is 7.59 Å². The first-order valence-corrected chi connectivity index (χ1v) is 11.4. The number of hydrogen-bond donors (Lipinski definition) is 0. The van der Waals surface area contributed by atoms with Gasteiger partial charge >= 0.3 is 0 Å². The van der Waals surface area contributed by atoms with E-state index in [0.29, 0.717) is 0 Å². The van der Waals surface area contributed by atoms with Gasteiger partial charge in [0.25, 0.3) is 0 Å². The second kappa shape index (κ2) is 4.94. The van der Waals surface area contributed by atoms with Gasteiger partial charge in [-0.25, -0.2) is 0 Å². The van der Waals surface area contributed by atoms with E-state index in [4.69, 9.17) is 0 Å². The largest absolute Gasteiger partial charge is 0.0716 e. The van der Waals surface area contributed by atoms with Crippen LogP contribution in [0, 0.1) is 0 Å². The third kappa shape index (κ3) is 2.36. The van der Waals surface area contributed by atoms with Crippen LogP contribution < -0.4 is 5.19 Å². The van der Waals surface area contributed by atoms with Gasteiger partial charge in [-0.2, -0.15) is 0 Å². The molecule has 0 nitrogen and oxygen atoms in total. The molecule has 0 aromatic heterocycles. The van der Waals surface area contributed by atoms with Crippen LogP contribution in [0.4, 0.5) is 0 Å². The van der Waals surface area contributed by atoms with Crippen LogP contribution in [0.2, 0.25) is 25.2 Å². The van der Waals surface area contributed by atoms with Gasteiger partial charge in [0.15, 0.2) is 0 Å². The second-order valence-corrected chi connectivity index (χ2v) is 16.6. The van der Waals surface area contributed by atoms with Crippen LogP contribution >= 0.6 is 0 Å². The highest BCUT2D eigenvalue weighted by molar-refractivity contribution is 7.37. The summed E-state index contributed by atoms with van der Waals surface area (Å²) in [7, 11) is -1.22. The zero-order valence-electron chi connectivity index (χ0n) is 9.80. The molecule has 0 saturated carbocycles. The summed E-state index contributed by atoms with van der Waals surface area (Å²) in [5.74, 6) is 0. The van der Waals surface area contributed by atoms with E-state index in [-0.39, 0.29) is 8.31 Å². The lowest BCUT2D eigenvalue weighted by molar-refractivity contribution is 1.34. The van der Waals surface area contributed by atoms with Crippen molar-refractivity contribution in [3.8, 4) is 0 Å². The SMILES string of the molecule is CC[Si](CC)[Si](C)(C)c1ccccc1. The van der Waals surface area contributed by atoms with Crippen molar-refractivity contribution in [2.45, 2.75) is 39.0 Å². The van der Waals surface area contributed by atoms with E-state index in [9.17, 15) is 0 Å². The fourth-order valence-electron chi connectivity index (χ4n) is 2.19. The lowest BCUT2D eigenvalue weighted by atomic mass is 10.4. The minimum Gasteiger partial charge on any atom is -0.0682 e. The quantitative estimate of drug-likeness (QED) is 0.685. The van der Waals surface area contributed by atoms with Crippen LogP contribution in [0.25, 0.3) is 0 Å². The van der Waals surface area contributed by atoms with Gasteiger partial charge in [-0.05, 0) is 0 Å². The van der Waals surface area contributed by atoms with Crippen molar-refractivity contribution < 1.29 is 0 Å². The average Bonchev–Trinajstić information content (AvgIpc) is 2.20. The van der Waals surface area contributed by atoms with Gasteiger partial charge in [-0.1, -0.05) is 74.5 Å². The summed E-state index contributed by atoms with van der Waals surface area (Å²) in [5, 5.41) is 1.65. The third-order valence-corrected chi connectivity index (χ3v) is 16.8. The van der Waals surface area contributed by atoms with E-state index in [2.05, 4.69) is 57.3 Å². The fourth-order valence-corrected chi connectivity index (χ4v) is 12.9. The highest BCUT2D eigenvalue weighted by Crippen LogP contribution is 2.14. The molecule has 0 saturated heterocycles. The number of benzene rings is 1. The zero-order chi connectivity index (χ0) is 10.6. The Morgan fingerprint density at radius 2 is 1.50 bits per heavy atom. The van der Waals surface area contributed by atoms with Crippen LogP contribution in [-0.4, -0.2) is 15.9 Å². The smallest absolute Gasteiger partial charge is 0.0682 e. The van der Waals surface area contributed by atoms with Crippen LogP contribution in [0.3, 0.4) is 0 Å². The summed E-state index contributed by atoms with van der Waals surface area (Å²) >= 11 is 0. The first-order chi connectivity index (χ1) is 6.62. The van der Waals surface area contributed by atoms with Crippen molar-refractivity contribution in [1.29, 1.82) is 0 Å². The molecular formula is C12H21Si2. The van der Waals surface area contributed by atoms with Crippen molar-refractivity contribution >= 4 is 21.1 Å². The maximum absolute atomic E-state index is 2.55. The lowest BCUT2D eigenvalue weighted by Crippen LogP contribution is -2.55. The summed E-state index contributed by atoms with van der Waals surface area (Å²) in [6.07, 6.45) is 0. The van der Waals surface area contributed by atoms with E-state index >= 15 is 0 Å². The Labute approximate surface area is 90.8 Å². The van der Waals surface area contributed by atoms with E-state index in [1.807, 2.05) is 0 Å². The maximum Gasteiger partial charge on any atom is 0.0716 e. The van der Waals surface area contributed by atoms with Crippen LogP contribution in [0.1, 0.15) is 13.8 Å². The molecule has 0 heterocycles. The van der Waals surface area contributed by atoms with Gasteiger partial charge in [-0.15, -0.1) is 0 Å². The van der Waals surface area contributed by atoms with Crippen molar-refractivity contribution in [1.82, 2.24) is 0 Å². The average molecular weight is 221 g/mol. The van der Waals surface area contributed by atoms with Crippen molar-refractivity contribution in [2.75, 3.05) is 0 Å². The van der Waals surface area contributed by atoms with Gasteiger partial charge in [-0.3, -0.25) is 0 Å². The van der Waals surface area contributed by atoms with E-state index in [1.54, 1.807) is 5.19 Å². The molecule has 0 amide bonds. The molecule has 1 aromatic rings. The number of rotatable bonds is 4. The predicted octanol–water partition coefficient (Wildman–Crippen LogP) is 3.22. The van der Waals surface area contributed by atoms with Gasteiger partial charge < -0.3 is 0 Å². The Hall–Kier alpha value is -0.346. The van der Waals surface area contributed by atoms with Gasteiger partial charge in [0.05, 0.1) is 7.59 Å². The molecule has 14 heavy (non-hydrogen) atoms. The summed E-state index contributed by atoms with van der Waals surface area (Å²) in [4.78, 5) is 0.